The van der Waals surface area contributed by atoms with Crippen molar-refractivity contribution in [2.45, 2.75) is 24.9 Å². The molecule has 1 fully saturated rings. The number of likely N-dealkylation sites (tertiary alicyclic amines) is 1. The summed E-state index contributed by atoms with van der Waals surface area (Å²) >= 11 is 0. The monoisotopic (exact) mass is 370 g/mol. The van der Waals surface area contributed by atoms with Crippen LogP contribution in [0.15, 0.2) is 54.6 Å². The van der Waals surface area contributed by atoms with Crippen LogP contribution in [0.1, 0.15) is 24.3 Å². The minimum absolute atomic E-state index is 0.0751. The van der Waals surface area contributed by atoms with E-state index < -0.39 is 12.2 Å². The summed E-state index contributed by atoms with van der Waals surface area (Å²) < 4.78 is 11.3. The van der Waals surface area contributed by atoms with Crippen molar-refractivity contribution < 1.29 is 24.5 Å². The number of benzene rings is 2. The lowest BCUT2D eigenvalue weighted by Crippen LogP contribution is -2.50. The van der Waals surface area contributed by atoms with E-state index in [1.54, 1.807) is 0 Å². The summed E-state index contributed by atoms with van der Waals surface area (Å²) in [4.78, 5) is 12.0. The third kappa shape index (κ3) is 5.37. The highest BCUT2D eigenvalue weighted by molar-refractivity contribution is 5.62. The molecule has 27 heavy (non-hydrogen) atoms. The molecule has 0 aliphatic carbocycles. The van der Waals surface area contributed by atoms with E-state index >= 15 is 0 Å². The van der Waals surface area contributed by atoms with E-state index in [1.165, 1.54) is 0 Å². The number of nitrogens with zero attached hydrogens (tertiary/aromatic N) is 1. The first-order chi connectivity index (χ1) is 13.1. The Kier molecular flexibility index (Phi) is 6.54. The van der Waals surface area contributed by atoms with Crippen LogP contribution in [0, 0.1) is 0 Å². The van der Waals surface area contributed by atoms with Gasteiger partial charge in [0.2, 0.25) is 0 Å². The fraction of sp³-hybridized carbons (Fsp3) is 0.381. The van der Waals surface area contributed by atoms with Gasteiger partial charge in [0.05, 0.1) is 19.3 Å². The topological polar surface area (TPSA) is 82.1 Å². The number of para-hydroxylation sites is 1. The fourth-order valence-electron chi connectivity index (χ4n) is 3.25. The standard InChI is InChI=1S/C21H25NO5/c23-20-15-22(21(24)25)12-11-19(20)16-7-9-18(10-8-16)27-14-4-13-26-17-5-2-1-3-6-17/h1-3,5-10,19-20,23H,4,11-15H2,(H,24,25)/p-1. The van der Waals surface area contributed by atoms with E-state index in [2.05, 4.69) is 0 Å². The molecule has 2 aromatic rings. The van der Waals surface area contributed by atoms with Gasteiger partial charge in [-0.05, 0) is 36.2 Å². The van der Waals surface area contributed by atoms with Crippen LogP contribution in [0.2, 0.25) is 0 Å². The van der Waals surface area contributed by atoms with Crippen molar-refractivity contribution in [1.29, 1.82) is 0 Å². The van der Waals surface area contributed by atoms with Gasteiger partial charge in [0.1, 0.15) is 17.6 Å². The van der Waals surface area contributed by atoms with Gasteiger partial charge >= 0.3 is 0 Å². The van der Waals surface area contributed by atoms with Crippen LogP contribution in [-0.2, 0) is 0 Å². The number of β-amino-alcohol motifs (C(OH)–C–C–N with tert-alkyl or cyclic N) is 1. The van der Waals surface area contributed by atoms with Gasteiger partial charge in [-0.25, -0.2) is 0 Å². The van der Waals surface area contributed by atoms with Crippen LogP contribution in [0.4, 0.5) is 4.79 Å². The largest absolute Gasteiger partial charge is 0.530 e. The molecule has 0 bridgehead atoms. The predicted molar refractivity (Wildman–Crippen MR) is 98.8 cm³/mol. The van der Waals surface area contributed by atoms with Gasteiger partial charge < -0.3 is 29.4 Å². The van der Waals surface area contributed by atoms with Gasteiger partial charge in [-0.15, -0.1) is 0 Å². The van der Waals surface area contributed by atoms with E-state index in [0.29, 0.717) is 26.2 Å². The molecule has 2 unspecified atom stereocenters. The van der Waals surface area contributed by atoms with E-state index in [1.807, 2.05) is 54.6 Å². The number of hydrogen-bond acceptors (Lipinski definition) is 5. The molecule has 6 heteroatoms. The summed E-state index contributed by atoms with van der Waals surface area (Å²) in [5, 5.41) is 21.1. The van der Waals surface area contributed by atoms with Crippen molar-refractivity contribution in [2.24, 2.45) is 0 Å². The van der Waals surface area contributed by atoms with Crippen molar-refractivity contribution in [2.75, 3.05) is 26.3 Å². The number of aliphatic hydroxyl groups is 1. The molecule has 1 aliphatic heterocycles. The number of piperidine rings is 1. The number of carbonyl (C=O) groups excluding carboxylic acids is 1. The Hall–Kier alpha value is -2.73. The number of rotatable bonds is 7. The molecule has 0 saturated carbocycles. The summed E-state index contributed by atoms with van der Waals surface area (Å²) in [7, 11) is 0. The Morgan fingerprint density at radius 3 is 2.26 bits per heavy atom. The van der Waals surface area contributed by atoms with Crippen molar-refractivity contribution in [3.63, 3.8) is 0 Å². The smallest absolute Gasteiger partial charge is 0.137 e. The Morgan fingerprint density at radius 1 is 1.04 bits per heavy atom. The molecule has 144 valence electrons. The summed E-state index contributed by atoms with van der Waals surface area (Å²) in [5.41, 5.74) is 0.986. The maximum absolute atomic E-state index is 10.9. The van der Waals surface area contributed by atoms with Crippen molar-refractivity contribution in [1.82, 2.24) is 4.90 Å². The van der Waals surface area contributed by atoms with Gasteiger partial charge in [0.15, 0.2) is 0 Å². The molecule has 0 radical (unpaired) electrons. The molecule has 1 heterocycles. The molecular weight excluding hydrogens is 346 g/mol. The molecule has 1 amide bonds. The second kappa shape index (κ2) is 9.28. The highest BCUT2D eigenvalue weighted by Gasteiger charge is 2.28. The van der Waals surface area contributed by atoms with Gasteiger partial charge in [0.25, 0.3) is 0 Å². The summed E-state index contributed by atoms with van der Waals surface area (Å²) in [6.07, 6.45) is -0.602. The molecule has 0 spiro atoms. The third-order valence-electron chi connectivity index (χ3n) is 4.72. The van der Waals surface area contributed by atoms with E-state index in [4.69, 9.17) is 9.47 Å². The lowest BCUT2D eigenvalue weighted by atomic mass is 9.87. The molecular formula is C21H24NO5-. The van der Waals surface area contributed by atoms with Gasteiger partial charge in [-0.3, -0.25) is 0 Å². The highest BCUT2D eigenvalue weighted by atomic mass is 16.5. The second-order valence-electron chi connectivity index (χ2n) is 6.61. The Balaban J connectivity index is 1.41. The van der Waals surface area contributed by atoms with Gasteiger partial charge in [0, 0.05) is 25.4 Å². The maximum atomic E-state index is 10.9. The van der Waals surface area contributed by atoms with Crippen molar-refractivity contribution in [3.05, 3.63) is 60.2 Å². The van der Waals surface area contributed by atoms with Gasteiger partial charge in [-0.2, -0.15) is 0 Å². The number of aliphatic hydroxyl groups excluding tert-OH is 1. The zero-order valence-electron chi connectivity index (χ0n) is 15.1. The van der Waals surface area contributed by atoms with Crippen molar-refractivity contribution in [3.8, 4) is 11.5 Å². The number of carbonyl (C=O) groups is 1. The molecule has 6 nitrogen and oxygen atoms in total. The minimum Gasteiger partial charge on any atom is -0.530 e. The summed E-state index contributed by atoms with van der Waals surface area (Å²) in [5.74, 6) is 1.54. The first kappa shape index (κ1) is 19.0. The van der Waals surface area contributed by atoms with E-state index in [9.17, 15) is 15.0 Å². The zero-order chi connectivity index (χ0) is 19.1. The normalized spacial score (nSPS) is 19.5. The molecule has 0 aromatic heterocycles. The highest BCUT2D eigenvalue weighted by Crippen LogP contribution is 2.29. The molecule has 1 aliphatic rings. The number of ether oxygens (including phenoxy) is 2. The van der Waals surface area contributed by atoms with E-state index in [-0.39, 0.29) is 12.5 Å². The van der Waals surface area contributed by atoms with Crippen LogP contribution >= 0.6 is 0 Å². The first-order valence-corrected chi connectivity index (χ1v) is 9.18. The van der Waals surface area contributed by atoms with Crippen LogP contribution in [0.3, 0.4) is 0 Å². The summed E-state index contributed by atoms with van der Waals surface area (Å²) in [6.45, 7) is 1.61. The predicted octanol–water partition coefficient (Wildman–Crippen LogP) is 2.03. The quantitative estimate of drug-likeness (QED) is 0.754. The minimum atomic E-state index is -1.23. The maximum Gasteiger partial charge on any atom is 0.137 e. The molecule has 2 atom stereocenters. The van der Waals surface area contributed by atoms with E-state index in [0.717, 1.165) is 28.4 Å². The number of amides is 1. The molecule has 1 saturated heterocycles. The van der Waals surface area contributed by atoms with Crippen LogP contribution in [0.5, 0.6) is 11.5 Å². The average molecular weight is 370 g/mol. The lowest BCUT2D eigenvalue weighted by Gasteiger charge is -2.37. The number of hydrogen-bond donors (Lipinski definition) is 1. The fourth-order valence-corrected chi connectivity index (χ4v) is 3.25. The Labute approximate surface area is 159 Å². The van der Waals surface area contributed by atoms with Crippen LogP contribution in [0.25, 0.3) is 0 Å². The zero-order valence-corrected chi connectivity index (χ0v) is 15.1. The molecule has 1 N–H and O–H groups in total. The lowest BCUT2D eigenvalue weighted by molar-refractivity contribution is -0.268. The Bertz CT molecular complexity index is 719. The van der Waals surface area contributed by atoms with Gasteiger partial charge in [-0.1, -0.05) is 30.3 Å². The third-order valence-corrected chi connectivity index (χ3v) is 4.72. The average Bonchev–Trinajstić information content (AvgIpc) is 2.69. The molecule has 3 rings (SSSR count). The number of carboxylic acid groups (broad SMARTS) is 1. The Morgan fingerprint density at radius 2 is 1.67 bits per heavy atom. The first-order valence-electron chi connectivity index (χ1n) is 9.18. The second-order valence-corrected chi connectivity index (χ2v) is 6.61. The van der Waals surface area contributed by atoms with Crippen LogP contribution in [-0.4, -0.2) is 48.5 Å². The molecule has 2 aromatic carbocycles. The van der Waals surface area contributed by atoms with Crippen molar-refractivity contribution >= 4 is 6.09 Å². The SMILES string of the molecule is O=C([O-])N1CCC(c2ccc(OCCCOc3ccccc3)cc2)C(O)C1. The summed E-state index contributed by atoms with van der Waals surface area (Å²) in [6, 6.07) is 17.3. The van der Waals surface area contributed by atoms with Crippen LogP contribution < -0.4 is 14.6 Å².